The van der Waals surface area contributed by atoms with Gasteiger partial charge in [0.25, 0.3) is 0 Å². The zero-order valence-electron chi connectivity index (χ0n) is 13.9. The number of benzene rings is 1. The average molecular weight is 352 g/mol. The van der Waals surface area contributed by atoms with Crippen molar-refractivity contribution in [3.63, 3.8) is 0 Å². The van der Waals surface area contributed by atoms with Crippen LogP contribution in [0, 0.1) is 0 Å². The molecule has 0 unspecified atom stereocenters. The highest BCUT2D eigenvalue weighted by atomic mass is 35.5. The molecular weight excluding hydrogens is 326 g/mol. The summed E-state index contributed by atoms with van der Waals surface area (Å²) < 4.78 is 5.41. The lowest BCUT2D eigenvalue weighted by molar-refractivity contribution is 0.0338. The lowest BCUT2D eigenvalue weighted by Crippen LogP contribution is -2.67. The van der Waals surface area contributed by atoms with Crippen molar-refractivity contribution in [1.82, 2.24) is 15.1 Å². The first-order valence-corrected chi connectivity index (χ1v) is 8.32. The van der Waals surface area contributed by atoms with E-state index in [1.54, 1.807) is 0 Å². The molecule has 132 valence electrons. The van der Waals surface area contributed by atoms with E-state index in [1.807, 2.05) is 41.3 Å². The second-order valence-electron chi connectivity index (χ2n) is 6.17. The van der Waals surface area contributed by atoms with Gasteiger partial charge in [0, 0.05) is 44.8 Å². The Kier molecular flexibility index (Phi) is 7.09. The van der Waals surface area contributed by atoms with Gasteiger partial charge in [-0.25, -0.2) is 4.79 Å². The van der Waals surface area contributed by atoms with Gasteiger partial charge in [-0.05, 0) is 12.0 Å². The highest BCUT2D eigenvalue weighted by molar-refractivity contribution is 5.85. The maximum atomic E-state index is 12.2. The van der Waals surface area contributed by atoms with E-state index in [4.69, 9.17) is 4.74 Å². The molecule has 0 spiro atoms. The number of ether oxygens (including phenoxy) is 1. The van der Waals surface area contributed by atoms with Crippen molar-refractivity contribution in [2.75, 3.05) is 32.7 Å². The van der Waals surface area contributed by atoms with E-state index in [9.17, 15) is 4.79 Å². The van der Waals surface area contributed by atoms with Crippen molar-refractivity contribution in [3.05, 3.63) is 48.6 Å². The van der Waals surface area contributed by atoms with Crippen LogP contribution in [-0.2, 0) is 11.3 Å². The number of halogens is 1. The fraction of sp³-hybridized carbons (Fsp3) is 0.500. The topological polar surface area (TPSA) is 44.8 Å². The summed E-state index contributed by atoms with van der Waals surface area (Å²) in [6, 6.07) is 10.9. The molecule has 2 atom stereocenters. The van der Waals surface area contributed by atoms with E-state index in [1.165, 1.54) is 0 Å². The van der Waals surface area contributed by atoms with Gasteiger partial charge in [0.1, 0.15) is 6.61 Å². The van der Waals surface area contributed by atoms with Crippen LogP contribution >= 0.6 is 12.4 Å². The number of piperazine rings is 1. The van der Waals surface area contributed by atoms with Gasteiger partial charge in [0.2, 0.25) is 0 Å². The monoisotopic (exact) mass is 351 g/mol. The Morgan fingerprint density at radius 1 is 1.25 bits per heavy atom. The lowest BCUT2D eigenvalue weighted by Gasteiger charge is -2.47. The third-order valence-electron chi connectivity index (χ3n) is 4.72. The summed E-state index contributed by atoms with van der Waals surface area (Å²) in [7, 11) is 0. The molecule has 5 nitrogen and oxygen atoms in total. The Morgan fingerprint density at radius 2 is 1.96 bits per heavy atom. The predicted molar refractivity (Wildman–Crippen MR) is 97.4 cm³/mol. The molecule has 24 heavy (non-hydrogen) atoms. The van der Waals surface area contributed by atoms with Crippen LogP contribution in [0.1, 0.15) is 12.0 Å². The number of carbonyl (C=O) groups excluding carboxylic acids is 1. The van der Waals surface area contributed by atoms with Crippen LogP contribution in [0.25, 0.3) is 0 Å². The highest BCUT2D eigenvalue weighted by Crippen LogP contribution is 2.18. The molecule has 6 heteroatoms. The number of hydrogen-bond donors (Lipinski definition) is 1. The molecule has 0 aromatic heterocycles. The highest BCUT2D eigenvalue weighted by Gasteiger charge is 2.36. The fourth-order valence-electron chi connectivity index (χ4n) is 3.24. The van der Waals surface area contributed by atoms with Crippen LogP contribution in [0.2, 0.25) is 0 Å². The maximum Gasteiger partial charge on any atom is 0.410 e. The van der Waals surface area contributed by atoms with Crippen LogP contribution < -0.4 is 5.32 Å². The summed E-state index contributed by atoms with van der Waals surface area (Å²) in [5.74, 6) is 0. The van der Waals surface area contributed by atoms with Crippen molar-refractivity contribution in [2.24, 2.45) is 0 Å². The Morgan fingerprint density at radius 3 is 2.54 bits per heavy atom. The molecule has 2 fully saturated rings. The molecule has 0 radical (unpaired) electrons. The Hall–Kier alpha value is -1.56. The molecule has 2 aliphatic rings. The standard InChI is InChI=1S/C18H25N3O2.ClH/c1-2-6-16-17(13-19-16)20-9-11-21(12-10-20)18(22)23-14-15-7-4-3-5-8-15;/h2-5,7-8,16-17,19H,1,6,9-14H2;1H/t16-,17-;/m1./s1. The molecule has 3 rings (SSSR count). The first-order chi connectivity index (χ1) is 11.3. The quantitative estimate of drug-likeness (QED) is 0.827. The maximum absolute atomic E-state index is 12.2. The molecule has 1 aromatic rings. The molecule has 1 aromatic carbocycles. The molecule has 0 aliphatic carbocycles. The minimum Gasteiger partial charge on any atom is -0.445 e. The normalized spacial score (nSPS) is 23.8. The third kappa shape index (κ3) is 4.50. The van der Waals surface area contributed by atoms with Gasteiger partial charge in [0.05, 0.1) is 0 Å². The number of nitrogens with zero attached hydrogens (tertiary/aromatic N) is 2. The Bertz CT molecular complexity index is 532. The third-order valence-corrected chi connectivity index (χ3v) is 4.72. The summed E-state index contributed by atoms with van der Waals surface area (Å²) in [6.45, 7) is 8.51. The molecule has 2 aliphatic heterocycles. The van der Waals surface area contributed by atoms with Gasteiger partial charge in [-0.2, -0.15) is 0 Å². The van der Waals surface area contributed by atoms with Gasteiger partial charge < -0.3 is 15.0 Å². The number of nitrogens with one attached hydrogen (secondary N) is 1. The minimum atomic E-state index is -0.206. The smallest absolute Gasteiger partial charge is 0.410 e. The van der Waals surface area contributed by atoms with Crippen molar-refractivity contribution < 1.29 is 9.53 Å². The van der Waals surface area contributed by atoms with E-state index in [0.717, 1.165) is 44.7 Å². The zero-order chi connectivity index (χ0) is 16.1. The van der Waals surface area contributed by atoms with Crippen molar-refractivity contribution in [2.45, 2.75) is 25.1 Å². The largest absolute Gasteiger partial charge is 0.445 e. The second-order valence-corrected chi connectivity index (χ2v) is 6.17. The minimum absolute atomic E-state index is 0. The zero-order valence-corrected chi connectivity index (χ0v) is 14.7. The molecule has 1 N–H and O–H groups in total. The van der Waals surface area contributed by atoms with Gasteiger partial charge in [-0.3, -0.25) is 4.90 Å². The van der Waals surface area contributed by atoms with E-state index in [2.05, 4.69) is 16.8 Å². The average Bonchev–Trinajstić information content (AvgIpc) is 2.58. The van der Waals surface area contributed by atoms with Crippen molar-refractivity contribution in [3.8, 4) is 0 Å². The predicted octanol–water partition coefficient (Wildman–Crippen LogP) is 2.28. The summed E-state index contributed by atoms with van der Waals surface area (Å²) >= 11 is 0. The molecule has 2 saturated heterocycles. The lowest BCUT2D eigenvalue weighted by atomic mass is 9.94. The summed E-state index contributed by atoms with van der Waals surface area (Å²) in [5.41, 5.74) is 1.02. The first-order valence-electron chi connectivity index (χ1n) is 8.32. The van der Waals surface area contributed by atoms with Gasteiger partial charge in [-0.1, -0.05) is 36.4 Å². The summed E-state index contributed by atoms with van der Waals surface area (Å²) in [4.78, 5) is 16.4. The number of rotatable bonds is 5. The fourth-order valence-corrected chi connectivity index (χ4v) is 3.24. The Balaban J connectivity index is 0.00000208. The SMILES string of the molecule is C=CC[C@H]1NC[C@H]1N1CCN(C(=O)OCc2ccccc2)CC1.Cl. The van der Waals surface area contributed by atoms with Crippen LogP contribution in [0.5, 0.6) is 0 Å². The van der Waals surface area contributed by atoms with E-state index in [-0.39, 0.29) is 18.5 Å². The van der Waals surface area contributed by atoms with Crippen LogP contribution in [0.4, 0.5) is 4.79 Å². The number of hydrogen-bond acceptors (Lipinski definition) is 4. The van der Waals surface area contributed by atoms with Crippen molar-refractivity contribution >= 4 is 18.5 Å². The summed E-state index contributed by atoms with van der Waals surface area (Å²) in [5, 5.41) is 3.45. The second kappa shape index (κ2) is 9.06. The van der Waals surface area contributed by atoms with Gasteiger partial charge in [0.15, 0.2) is 0 Å². The van der Waals surface area contributed by atoms with Crippen LogP contribution in [-0.4, -0.2) is 60.7 Å². The summed E-state index contributed by atoms with van der Waals surface area (Å²) in [6.07, 6.45) is 2.77. The molecule has 0 bridgehead atoms. The van der Waals surface area contributed by atoms with Crippen LogP contribution in [0.3, 0.4) is 0 Å². The molecular formula is C18H26ClN3O2. The molecule has 1 amide bonds. The van der Waals surface area contributed by atoms with E-state index < -0.39 is 0 Å². The van der Waals surface area contributed by atoms with Crippen molar-refractivity contribution in [1.29, 1.82) is 0 Å². The van der Waals surface area contributed by atoms with E-state index in [0.29, 0.717) is 18.7 Å². The molecule has 2 heterocycles. The van der Waals surface area contributed by atoms with Crippen LogP contribution in [0.15, 0.2) is 43.0 Å². The Labute approximate surface area is 150 Å². The van der Waals surface area contributed by atoms with Gasteiger partial charge in [-0.15, -0.1) is 19.0 Å². The van der Waals surface area contributed by atoms with Gasteiger partial charge >= 0.3 is 6.09 Å². The van der Waals surface area contributed by atoms with E-state index >= 15 is 0 Å². The molecule has 0 saturated carbocycles. The first kappa shape index (κ1) is 18.8. The number of amides is 1. The number of carbonyl (C=O) groups is 1.